The fourth-order valence-electron chi connectivity index (χ4n) is 3.02. The van der Waals surface area contributed by atoms with Crippen LogP contribution in [0.5, 0.6) is 0 Å². The first-order valence-corrected chi connectivity index (χ1v) is 11.5. The predicted molar refractivity (Wildman–Crippen MR) is 113 cm³/mol. The molecule has 1 N–H and O–H groups in total. The van der Waals surface area contributed by atoms with Crippen LogP contribution in [0, 0.1) is 6.92 Å². The Morgan fingerprint density at radius 3 is 2.72 bits per heavy atom. The average Bonchev–Trinajstić information content (AvgIpc) is 3.10. The van der Waals surface area contributed by atoms with Crippen LogP contribution in [0.1, 0.15) is 15.9 Å². The van der Waals surface area contributed by atoms with E-state index >= 15 is 0 Å². The third kappa shape index (κ3) is 4.15. The molecule has 0 spiro atoms. The van der Waals surface area contributed by atoms with Gasteiger partial charge in [0.2, 0.25) is 10.0 Å². The summed E-state index contributed by atoms with van der Waals surface area (Å²) in [6, 6.07) is 10.1. The van der Waals surface area contributed by atoms with Crippen LogP contribution in [0.2, 0.25) is 5.02 Å². The van der Waals surface area contributed by atoms with Crippen molar-refractivity contribution in [2.24, 2.45) is 0 Å². The van der Waals surface area contributed by atoms with E-state index in [-0.39, 0.29) is 28.6 Å². The minimum absolute atomic E-state index is 0.0727. The van der Waals surface area contributed by atoms with E-state index in [1.165, 1.54) is 33.8 Å². The SMILES string of the molecule is Cc1ccc2nc(NC(=O)c3ccc(Cl)c(S(=O)(=O)N4CCOCC4)c3)sc2c1. The van der Waals surface area contributed by atoms with E-state index in [2.05, 4.69) is 10.3 Å². The number of aryl methyl sites for hydroxylation is 1. The molecule has 0 unspecified atom stereocenters. The molecule has 0 saturated carbocycles. The zero-order chi connectivity index (χ0) is 20.6. The number of carbonyl (C=O) groups is 1. The molecule has 0 atom stereocenters. The van der Waals surface area contributed by atoms with Gasteiger partial charge in [-0.15, -0.1) is 0 Å². The molecule has 0 aliphatic carbocycles. The van der Waals surface area contributed by atoms with Crippen LogP contribution < -0.4 is 5.32 Å². The Kier molecular flexibility index (Phi) is 5.58. The summed E-state index contributed by atoms with van der Waals surface area (Å²) in [5.74, 6) is -0.448. The Bertz CT molecular complexity index is 1190. The fraction of sp³-hybridized carbons (Fsp3) is 0.263. The highest BCUT2D eigenvalue weighted by atomic mass is 35.5. The van der Waals surface area contributed by atoms with Crippen LogP contribution in [0.4, 0.5) is 5.13 Å². The number of hydrogen-bond donors (Lipinski definition) is 1. The van der Waals surface area contributed by atoms with Crippen LogP contribution >= 0.6 is 22.9 Å². The number of morpholine rings is 1. The Labute approximate surface area is 177 Å². The van der Waals surface area contributed by atoms with Crippen LogP contribution in [0.15, 0.2) is 41.3 Å². The molecule has 3 aromatic rings. The Balaban J connectivity index is 1.61. The van der Waals surface area contributed by atoms with E-state index in [0.29, 0.717) is 18.3 Å². The van der Waals surface area contributed by atoms with Gasteiger partial charge in [0.05, 0.1) is 28.5 Å². The molecule has 0 bridgehead atoms. The molecule has 1 saturated heterocycles. The molecule has 10 heteroatoms. The van der Waals surface area contributed by atoms with Gasteiger partial charge in [-0.1, -0.05) is 29.0 Å². The summed E-state index contributed by atoms with van der Waals surface area (Å²) in [7, 11) is -3.82. The van der Waals surface area contributed by atoms with Gasteiger partial charge in [-0.05, 0) is 42.8 Å². The summed E-state index contributed by atoms with van der Waals surface area (Å²) in [5, 5.41) is 3.26. The molecule has 2 aromatic carbocycles. The van der Waals surface area contributed by atoms with E-state index in [1.54, 1.807) is 0 Å². The van der Waals surface area contributed by atoms with Crippen LogP contribution in [-0.4, -0.2) is 49.9 Å². The zero-order valence-electron chi connectivity index (χ0n) is 15.5. The van der Waals surface area contributed by atoms with Crippen molar-refractivity contribution >= 4 is 54.2 Å². The van der Waals surface area contributed by atoms with Crippen LogP contribution in [0.25, 0.3) is 10.2 Å². The van der Waals surface area contributed by atoms with Gasteiger partial charge < -0.3 is 4.74 Å². The number of thiazole rings is 1. The van der Waals surface area contributed by atoms with Gasteiger partial charge in [0.25, 0.3) is 5.91 Å². The van der Waals surface area contributed by atoms with Gasteiger partial charge in [-0.3, -0.25) is 10.1 Å². The number of sulfonamides is 1. The average molecular weight is 452 g/mol. The number of amides is 1. The maximum Gasteiger partial charge on any atom is 0.257 e. The largest absolute Gasteiger partial charge is 0.379 e. The van der Waals surface area contributed by atoms with Crippen molar-refractivity contribution in [3.8, 4) is 0 Å². The number of anilines is 1. The number of nitrogens with one attached hydrogen (secondary N) is 1. The first-order valence-electron chi connectivity index (χ1n) is 8.90. The third-order valence-corrected chi connectivity index (χ3v) is 7.86. The summed E-state index contributed by atoms with van der Waals surface area (Å²) >= 11 is 7.51. The molecular weight excluding hydrogens is 434 g/mol. The number of ether oxygens (including phenoxy) is 1. The smallest absolute Gasteiger partial charge is 0.257 e. The minimum Gasteiger partial charge on any atom is -0.379 e. The lowest BCUT2D eigenvalue weighted by atomic mass is 10.2. The standard InChI is InChI=1S/C19H18ClN3O4S2/c1-12-2-5-15-16(10-12)28-19(21-15)22-18(24)13-3-4-14(20)17(11-13)29(25,26)23-6-8-27-9-7-23/h2-5,10-11H,6-9H2,1H3,(H,21,22,24). The molecule has 1 aromatic heterocycles. The Morgan fingerprint density at radius 1 is 1.21 bits per heavy atom. The lowest BCUT2D eigenvalue weighted by molar-refractivity contribution is 0.0730. The molecule has 0 radical (unpaired) electrons. The first kappa shape index (κ1) is 20.2. The monoisotopic (exact) mass is 451 g/mol. The number of halogens is 1. The molecule has 7 nitrogen and oxygen atoms in total. The maximum absolute atomic E-state index is 12.9. The molecule has 152 valence electrons. The Hall–Kier alpha value is -2.04. The van der Waals surface area contributed by atoms with Crippen molar-refractivity contribution < 1.29 is 17.9 Å². The number of benzene rings is 2. The number of aromatic nitrogens is 1. The van der Waals surface area contributed by atoms with E-state index in [0.717, 1.165) is 15.8 Å². The molecule has 4 rings (SSSR count). The van der Waals surface area contributed by atoms with Crippen molar-refractivity contribution in [2.75, 3.05) is 31.6 Å². The number of rotatable bonds is 4. The normalized spacial score (nSPS) is 15.5. The minimum atomic E-state index is -3.82. The highest BCUT2D eigenvalue weighted by Gasteiger charge is 2.29. The van der Waals surface area contributed by atoms with Gasteiger partial charge in [0.1, 0.15) is 4.90 Å². The second-order valence-electron chi connectivity index (χ2n) is 6.61. The highest BCUT2D eigenvalue weighted by molar-refractivity contribution is 7.89. The zero-order valence-corrected chi connectivity index (χ0v) is 17.9. The number of fused-ring (bicyclic) bond motifs is 1. The molecule has 1 fully saturated rings. The molecule has 1 amide bonds. The van der Waals surface area contributed by atoms with Gasteiger partial charge in [-0.2, -0.15) is 4.31 Å². The molecule has 1 aliphatic heterocycles. The summed E-state index contributed by atoms with van der Waals surface area (Å²) in [6.07, 6.45) is 0. The van der Waals surface area contributed by atoms with Crippen LogP contribution in [-0.2, 0) is 14.8 Å². The molecule has 29 heavy (non-hydrogen) atoms. The van der Waals surface area contributed by atoms with Crippen LogP contribution in [0.3, 0.4) is 0 Å². The molecular formula is C19H18ClN3O4S2. The van der Waals surface area contributed by atoms with Gasteiger partial charge in [-0.25, -0.2) is 13.4 Å². The van der Waals surface area contributed by atoms with E-state index in [9.17, 15) is 13.2 Å². The topological polar surface area (TPSA) is 88.6 Å². The van der Waals surface area contributed by atoms with E-state index < -0.39 is 15.9 Å². The number of carbonyl (C=O) groups excluding carboxylic acids is 1. The van der Waals surface area contributed by atoms with Crippen molar-refractivity contribution in [1.82, 2.24) is 9.29 Å². The fourth-order valence-corrected chi connectivity index (χ4v) is 5.89. The third-order valence-electron chi connectivity index (χ3n) is 4.55. The van der Waals surface area contributed by atoms with E-state index in [4.69, 9.17) is 16.3 Å². The maximum atomic E-state index is 12.9. The van der Waals surface area contributed by atoms with Gasteiger partial charge in [0.15, 0.2) is 5.13 Å². The molecule has 2 heterocycles. The highest BCUT2D eigenvalue weighted by Crippen LogP contribution is 2.29. The van der Waals surface area contributed by atoms with Crippen molar-refractivity contribution in [1.29, 1.82) is 0 Å². The Morgan fingerprint density at radius 2 is 1.97 bits per heavy atom. The molecule has 1 aliphatic rings. The van der Waals surface area contributed by atoms with Crippen molar-refractivity contribution in [2.45, 2.75) is 11.8 Å². The van der Waals surface area contributed by atoms with Crippen molar-refractivity contribution in [3.05, 3.63) is 52.5 Å². The van der Waals surface area contributed by atoms with Gasteiger partial charge in [0, 0.05) is 18.7 Å². The summed E-state index contributed by atoms with van der Waals surface area (Å²) < 4.78 is 33.4. The number of nitrogens with zero attached hydrogens (tertiary/aromatic N) is 2. The van der Waals surface area contributed by atoms with Crippen molar-refractivity contribution in [3.63, 3.8) is 0 Å². The predicted octanol–water partition coefficient (Wildman–Crippen LogP) is 3.53. The lowest BCUT2D eigenvalue weighted by Gasteiger charge is -2.26. The first-order chi connectivity index (χ1) is 13.8. The van der Waals surface area contributed by atoms with E-state index in [1.807, 2.05) is 25.1 Å². The summed E-state index contributed by atoms with van der Waals surface area (Å²) in [4.78, 5) is 17.0. The quantitative estimate of drug-likeness (QED) is 0.655. The second-order valence-corrected chi connectivity index (χ2v) is 9.95. The lowest BCUT2D eigenvalue weighted by Crippen LogP contribution is -2.40. The second kappa shape index (κ2) is 8.00. The number of hydrogen-bond acceptors (Lipinski definition) is 6. The summed E-state index contributed by atoms with van der Waals surface area (Å²) in [5.41, 5.74) is 2.09. The summed E-state index contributed by atoms with van der Waals surface area (Å²) in [6.45, 7) is 3.14. The van der Waals surface area contributed by atoms with Gasteiger partial charge >= 0.3 is 0 Å².